The molecule has 108 valence electrons. The first-order chi connectivity index (χ1) is 9.16. The van der Waals surface area contributed by atoms with Gasteiger partial charge in [0.25, 0.3) is 0 Å². The SMILES string of the molecule is COCCCOCCOc1cccc(F)c1C(C)N. The van der Waals surface area contributed by atoms with Gasteiger partial charge in [-0.2, -0.15) is 0 Å². The van der Waals surface area contributed by atoms with Gasteiger partial charge >= 0.3 is 0 Å². The smallest absolute Gasteiger partial charge is 0.131 e. The van der Waals surface area contributed by atoms with E-state index in [4.69, 9.17) is 19.9 Å². The maximum atomic E-state index is 13.6. The van der Waals surface area contributed by atoms with Gasteiger partial charge in [-0.3, -0.25) is 0 Å². The summed E-state index contributed by atoms with van der Waals surface area (Å²) < 4.78 is 29.4. The van der Waals surface area contributed by atoms with Crippen LogP contribution in [-0.2, 0) is 9.47 Å². The van der Waals surface area contributed by atoms with Crippen molar-refractivity contribution in [3.05, 3.63) is 29.6 Å². The monoisotopic (exact) mass is 271 g/mol. The van der Waals surface area contributed by atoms with E-state index >= 15 is 0 Å². The predicted octanol–water partition coefficient (Wildman–Crippen LogP) is 2.28. The number of ether oxygens (including phenoxy) is 3. The molecule has 0 bridgehead atoms. The van der Waals surface area contributed by atoms with Gasteiger partial charge in [-0.25, -0.2) is 4.39 Å². The molecule has 5 heteroatoms. The van der Waals surface area contributed by atoms with E-state index in [1.807, 2.05) is 0 Å². The molecule has 0 saturated heterocycles. The van der Waals surface area contributed by atoms with Crippen LogP contribution in [0.2, 0.25) is 0 Å². The van der Waals surface area contributed by atoms with Crippen molar-refractivity contribution in [2.45, 2.75) is 19.4 Å². The molecule has 1 atom stereocenters. The van der Waals surface area contributed by atoms with Gasteiger partial charge in [0.2, 0.25) is 0 Å². The Morgan fingerprint density at radius 1 is 1.21 bits per heavy atom. The van der Waals surface area contributed by atoms with Crippen molar-refractivity contribution in [3.8, 4) is 5.75 Å². The summed E-state index contributed by atoms with van der Waals surface area (Å²) in [5.41, 5.74) is 6.14. The molecule has 0 amide bonds. The number of benzene rings is 1. The van der Waals surface area contributed by atoms with Gasteiger partial charge < -0.3 is 19.9 Å². The van der Waals surface area contributed by atoms with Crippen molar-refractivity contribution < 1.29 is 18.6 Å². The molecule has 0 aromatic heterocycles. The molecule has 4 nitrogen and oxygen atoms in total. The first-order valence-corrected chi connectivity index (χ1v) is 6.40. The van der Waals surface area contributed by atoms with Gasteiger partial charge in [0.15, 0.2) is 0 Å². The third-order valence-corrected chi connectivity index (χ3v) is 2.59. The summed E-state index contributed by atoms with van der Waals surface area (Å²) in [6.45, 7) is 3.86. The Balaban J connectivity index is 2.35. The fraction of sp³-hybridized carbons (Fsp3) is 0.571. The number of nitrogens with two attached hydrogens (primary N) is 1. The first-order valence-electron chi connectivity index (χ1n) is 6.40. The lowest BCUT2D eigenvalue weighted by molar-refractivity contribution is 0.0802. The van der Waals surface area contributed by atoms with Crippen molar-refractivity contribution in [1.29, 1.82) is 0 Å². The Morgan fingerprint density at radius 3 is 2.68 bits per heavy atom. The number of halogens is 1. The molecule has 0 aliphatic heterocycles. The highest BCUT2D eigenvalue weighted by Crippen LogP contribution is 2.26. The molecule has 0 fully saturated rings. The summed E-state index contributed by atoms with van der Waals surface area (Å²) >= 11 is 0. The lowest BCUT2D eigenvalue weighted by Gasteiger charge is -2.14. The van der Waals surface area contributed by atoms with E-state index in [2.05, 4.69) is 0 Å². The molecule has 1 aromatic carbocycles. The average molecular weight is 271 g/mol. The summed E-state index contributed by atoms with van der Waals surface area (Å²) in [4.78, 5) is 0. The second-order valence-electron chi connectivity index (χ2n) is 4.25. The lowest BCUT2D eigenvalue weighted by Crippen LogP contribution is -2.13. The molecule has 2 N–H and O–H groups in total. The highest BCUT2D eigenvalue weighted by Gasteiger charge is 2.13. The van der Waals surface area contributed by atoms with Crippen molar-refractivity contribution >= 4 is 0 Å². The van der Waals surface area contributed by atoms with E-state index in [1.54, 1.807) is 26.2 Å². The number of rotatable bonds is 9. The lowest BCUT2D eigenvalue weighted by atomic mass is 10.1. The van der Waals surface area contributed by atoms with Crippen molar-refractivity contribution in [2.24, 2.45) is 5.73 Å². The van der Waals surface area contributed by atoms with Gasteiger partial charge in [-0.15, -0.1) is 0 Å². The molecule has 0 saturated carbocycles. The molecule has 0 radical (unpaired) electrons. The minimum atomic E-state index is -0.404. The summed E-state index contributed by atoms with van der Waals surface area (Å²) in [5, 5.41) is 0. The zero-order valence-electron chi connectivity index (χ0n) is 11.5. The molecule has 0 aliphatic carbocycles. The second-order valence-corrected chi connectivity index (χ2v) is 4.25. The molecule has 1 aromatic rings. The van der Waals surface area contributed by atoms with Crippen molar-refractivity contribution in [2.75, 3.05) is 33.5 Å². The molecular formula is C14H22FNO3. The van der Waals surface area contributed by atoms with E-state index in [0.717, 1.165) is 6.42 Å². The van der Waals surface area contributed by atoms with Crippen LogP contribution in [0.5, 0.6) is 5.75 Å². The van der Waals surface area contributed by atoms with E-state index < -0.39 is 6.04 Å². The quantitative estimate of drug-likeness (QED) is 0.700. The maximum absolute atomic E-state index is 13.6. The summed E-state index contributed by atoms with van der Waals surface area (Å²) in [6, 6.07) is 4.30. The second kappa shape index (κ2) is 8.85. The van der Waals surface area contributed by atoms with Crippen molar-refractivity contribution in [3.63, 3.8) is 0 Å². The van der Waals surface area contributed by atoms with Crippen LogP contribution in [0.1, 0.15) is 24.9 Å². The van der Waals surface area contributed by atoms with Gasteiger partial charge in [-0.05, 0) is 25.5 Å². The Labute approximate surface area is 113 Å². The van der Waals surface area contributed by atoms with Crippen LogP contribution in [0.25, 0.3) is 0 Å². The molecule has 1 rings (SSSR count). The summed E-state index contributed by atoms with van der Waals surface area (Å²) in [6.07, 6.45) is 0.849. The predicted molar refractivity (Wildman–Crippen MR) is 71.8 cm³/mol. The van der Waals surface area contributed by atoms with Gasteiger partial charge in [0.05, 0.1) is 6.61 Å². The minimum absolute atomic E-state index is 0.339. The average Bonchev–Trinajstić information content (AvgIpc) is 2.37. The molecular weight excluding hydrogens is 249 g/mol. The Hall–Kier alpha value is -1.17. The van der Waals surface area contributed by atoms with Crippen molar-refractivity contribution in [1.82, 2.24) is 0 Å². The van der Waals surface area contributed by atoms with E-state index in [0.29, 0.717) is 37.7 Å². The van der Waals surface area contributed by atoms with Gasteiger partial charge in [-0.1, -0.05) is 6.07 Å². The number of hydrogen-bond donors (Lipinski definition) is 1. The highest BCUT2D eigenvalue weighted by atomic mass is 19.1. The molecule has 0 aliphatic rings. The van der Waals surface area contributed by atoms with E-state index in [-0.39, 0.29) is 5.82 Å². The van der Waals surface area contributed by atoms with E-state index in [9.17, 15) is 4.39 Å². The van der Waals surface area contributed by atoms with Crippen LogP contribution in [0.15, 0.2) is 18.2 Å². The zero-order chi connectivity index (χ0) is 14.1. The standard InChI is InChI=1S/C14H22FNO3/c1-11(16)14-12(15)5-3-6-13(14)19-10-9-18-8-4-7-17-2/h3,5-6,11H,4,7-10,16H2,1-2H3. The summed E-state index contributed by atoms with van der Waals surface area (Å²) in [5.74, 6) is 0.143. The van der Waals surface area contributed by atoms with Gasteiger partial charge in [0, 0.05) is 31.9 Å². The minimum Gasteiger partial charge on any atom is -0.491 e. The molecule has 1 unspecified atom stereocenters. The fourth-order valence-electron chi connectivity index (χ4n) is 1.70. The third-order valence-electron chi connectivity index (χ3n) is 2.59. The first kappa shape index (κ1) is 15.9. The molecule has 19 heavy (non-hydrogen) atoms. The number of methoxy groups -OCH3 is 1. The van der Waals surface area contributed by atoms with Crippen LogP contribution in [0.3, 0.4) is 0 Å². The largest absolute Gasteiger partial charge is 0.491 e. The van der Waals surface area contributed by atoms with Crippen LogP contribution >= 0.6 is 0 Å². The third kappa shape index (κ3) is 5.55. The van der Waals surface area contributed by atoms with E-state index in [1.165, 1.54) is 6.07 Å². The van der Waals surface area contributed by atoms with Gasteiger partial charge in [0.1, 0.15) is 18.2 Å². The Morgan fingerprint density at radius 2 is 2.00 bits per heavy atom. The highest BCUT2D eigenvalue weighted by molar-refractivity contribution is 5.36. The summed E-state index contributed by atoms with van der Waals surface area (Å²) in [7, 11) is 1.66. The van der Waals surface area contributed by atoms with Crippen LogP contribution in [0.4, 0.5) is 4.39 Å². The normalized spacial score (nSPS) is 12.4. The molecule has 0 spiro atoms. The molecule has 0 heterocycles. The fourth-order valence-corrected chi connectivity index (χ4v) is 1.70. The zero-order valence-corrected chi connectivity index (χ0v) is 11.5. The Kier molecular flexibility index (Phi) is 7.40. The number of hydrogen-bond acceptors (Lipinski definition) is 4. The topological polar surface area (TPSA) is 53.7 Å². The maximum Gasteiger partial charge on any atom is 0.131 e. The van der Waals surface area contributed by atoms with Crippen LogP contribution < -0.4 is 10.5 Å². The Bertz CT molecular complexity index is 372. The van der Waals surface area contributed by atoms with Crippen LogP contribution in [-0.4, -0.2) is 33.5 Å². The van der Waals surface area contributed by atoms with Crippen LogP contribution in [0, 0.1) is 5.82 Å².